The van der Waals surface area contributed by atoms with Crippen molar-refractivity contribution >= 4 is 49.8 Å². The monoisotopic (exact) mass is 416 g/mol. The number of rotatable bonds is 7. The van der Waals surface area contributed by atoms with Gasteiger partial charge in [-0.1, -0.05) is 11.3 Å². The Hall–Kier alpha value is -2.52. The fourth-order valence-corrected chi connectivity index (χ4v) is 4.77. The summed E-state index contributed by atoms with van der Waals surface area (Å²) in [4.78, 5) is 35.3. The van der Waals surface area contributed by atoms with E-state index >= 15 is 0 Å². The lowest BCUT2D eigenvalue weighted by Gasteiger charge is -2.13. The molecule has 3 heterocycles. The molecule has 0 aliphatic carbocycles. The molecule has 146 valence electrons. The maximum absolute atomic E-state index is 12.5. The van der Waals surface area contributed by atoms with Gasteiger partial charge in [0.2, 0.25) is 11.8 Å². The number of aromatic nitrogens is 2. The van der Waals surface area contributed by atoms with Crippen molar-refractivity contribution in [2.45, 2.75) is 19.8 Å². The van der Waals surface area contributed by atoms with Crippen molar-refractivity contribution in [1.82, 2.24) is 15.3 Å². The summed E-state index contributed by atoms with van der Waals surface area (Å²) in [5.41, 5.74) is 3.57. The largest absolute Gasteiger partial charge is 0.494 e. The van der Waals surface area contributed by atoms with Crippen molar-refractivity contribution in [3.63, 3.8) is 0 Å². The van der Waals surface area contributed by atoms with Crippen LogP contribution in [0.2, 0.25) is 0 Å². The number of anilines is 1. The van der Waals surface area contributed by atoms with Crippen LogP contribution < -0.4 is 15.0 Å². The second kappa shape index (κ2) is 8.24. The Morgan fingerprint density at radius 1 is 1.43 bits per heavy atom. The van der Waals surface area contributed by atoms with Crippen LogP contribution in [0.15, 0.2) is 29.1 Å². The molecule has 1 N–H and O–H groups in total. The summed E-state index contributed by atoms with van der Waals surface area (Å²) < 4.78 is 6.49. The Kier molecular flexibility index (Phi) is 5.54. The summed E-state index contributed by atoms with van der Waals surface area (Å²) in [5.74, 6) is 0.277. The maximum Gasteiger partial charge on any atom is 0.229 e. The van der Waals surface area contributed by atoms with Gasteiger partial charge in [-0.25, -0.2) is 9.97 Å². The Labute approximate surface area is 170 Å². The van der Waals surface area contributed by atoms with Crippen LogP contribution in [0.25, 0.3) is 10.2 Å². The summed E-state index contributed by atoms with van der Waals surface area (Å²) in [5, 5.41) is 5.52. The van der Waals surface area contributed by atoms with E-state index in [-0.39, 0.29) is 24.2 Å². The average molecular weight is 417 g/mol. The van der Waals surface area contributed by atoms with E-state index in [1.54, 1.807) is 10.4 Å². The number of hydrogen-bond donors (Lipinski definition) is 1. The Bertz CT molecular complexity index is 986. The molecule has 3 aromatic rings. The van der Waals surface area contributed by atoms with E-state index in [0.29, 0.717) is 31.2 Å². The zero-order chi connectivity index (χ0) is 19.5. The number of amides is 2. The van der Waals surface area contributed by atoms with Gasteiger partial charge in [-0.05, 0) is 25.1 Å². The topological polar surface area (TPSA) is 84.4 Å². The van der Waals surface area contributed by atoms with Gasteiger partial charge >= 0.3 is 0 Å². The second-order valence-electron chi connectivity index (χ2n) is 6.49. The highest BCUT2D eigenvalue weighted by Crippen LogP contribution is 2.34. The molecule has 9 heteroatoms. The Morgan fingerprint density at radius 2 is 2.32 bits per heavy atom. The van der Waals surface area contributed by atoms with Crippen LogP contribution >= 0.6 is 22.7 Å². The van der Waals surface area contributed by atoms with Crippen molar-refractivity contribution in [1.29, 1.82) is 0 Å². The third kappa shape index (κ3) is 4.00. The first-order valence-corrected chi connectivity index (χ1v) is 10.9. The van der Waals surface area contributed by atoms with Crippen molar-refractivity contribution in [2.24, 2.45) is 5.92 Å². The number of carbonyl (C=O) groups is 2. The number of nitrogens with one attached hydrogen (secondary N) is 1. The minimum atomic E-state index is -0.353. The van der Waals surface area contributed by atoms with Crippen LogP contribution in [0.4, 0.5) is 5.13 Å². The predicted molar refractivity (Wildman–Crippen MR) is 110 cm³/mol. The molecule has 0 spiro atoms. The number of fused-ring (bicyclic) bond motifs is 1. The summed E-state index contributed by atoms with van der Waals surface area (Å²) in [6.45, 7) is 3.42. The number of nitrogens with zero attached hydrogens (tertiary/aromatic N) is 3. The van der Waals surface area contributed by atoms with Gasteiger partial charge < -0.3 is 10.1 Å². The first kappa shape index (κ1) is 18.8. The molecule has 4 rings (SSSR count). The summed E-state index contributed by atoms with van der Waals surface area (Å²) in [6.07, 6.45) is 0.905. The van der Waals surface area contributed by atoms with E-state index in [0.717, 1.165) is 21.7 Å². The molecule has 1 atom stereocenters. The van der Waals surface area contributed by atoms with Gasteiger partial charge in [-0.2, -0.15) is 0 Å². The summed E-state index contributed by atoms with van der Waals surface area (Å²) in [7, 11) is 0. The standard InChI is InChI=1S/C19H20N4O3S2/c1-2-26-14-3-4-15-16(8-14)28-19(22-15)23-9-12(7-17(23)24)18(25)20-6-5-13-10-27-11-21-13/h3-4,8,10-12H,2,5-7,9H2,1H3,(H,20,25). The van der Waals surface area contributed by atoms with Crippen LogP contribution in [-0.2, 0) is 16.0 Å². The van der Waals surface area contributed by atoms with Gasteiger partial charge in [0.05, 0.1) is 33.9 Å². The Balaban J connectivity index is 1.39. The van der Waals surface area contributed by atoms with Gasteiger partial charge in [0, 0.05) is 31.3 Å². The molecule has 28 heavy (non-hydrogen) atoms. The lowest BCUT2D eigenvalue weighted by Crippen LogP contribution is -2.34. The van der Waals surface area contributed by atoms with Crippen molar-refractivity contribution in [2.75, 3.05) is 24.6 Å². The highest BCUT2D eigenvalue weighted by Gasteiger charge is 2.36. The molecule has 1 aliphatic rings. The van der Waals surface area contributed by atoms with Gasteiger partial charge in [0.1, 0.15) is 5.75 Å². The van der Waals surface area contributed by atoms with Crippen LogP contribution in [0.1, 0.15) is 19.0 Å². The summed E-state index contributed by atoms with van der Waals surface area (Å²) in [6, 6.07) is 5.70. The molecule has 1 saturated heterocycles. The van der Waals surface area contributed by atoms with E-state index in [4.69, 9.17) is 4.74 Å². The maximum atomic E-state index is 12.5. The Morgan fingerprint density at radius 3 is 3.11 bits per heavy atom. The van der Waals surface area contributed by atoms with Crippen LogP contribution in [-0.4, -0.2) is 41.5 Å². The zero-order valence-electron chi connectivity index (χ0n) is 15.4. The molecular weight excluding hydrogens is 396 g/mol. The highest BCUT2D eigenvalue weighted by atomic mass is 32.1. The van der Waals surface area contributed by atoms with Gasteiger partial charge in [-0.15, -0.1) is 11.3 Å². The average Bonchev–Trinajstić information content (AvgIpc) is 3.40. The fourth-order valence-electron chi connectivity index (χ4n) is 3.15. The molecule has 2 amide bonds. The van der Waals surface area contributed by atoms with Crippen molar-refractivity contribution in [3.05, 3.63) is 34.8 Å². The van der Waals surface area contributed by atoms with Crippen molar-refractivity contribution in [3.8, 4) is 5.75 Å². The van der Waals surface area contributed by atoms with E-state index in [2.05, 4.69) is 15.3 Å². The van der Waals surface area contributed by atoms with E-state index < -0.39 is 0 Å². The van der Waals surface area contributed by atoms with E-state index in [9.17, 15) is 9.59 Å². The fraction of sp³-hybridized carbons (Fsp3) is 0.368. The first-order valence-electron chi connectivity index (χ1n) is 9.12. The lowest BCUT2D eigenvalue weighted by molar-refractivity contribution is -0.126. The van der Waals surface area contributed by atoms with Crippen molar-refractivity contribution < 1.29 is 14.3 Å². The van der Waals surface area contributed by atoms with Gasteiger partial charge in [-0.3, -0.25) is 14.5 Å². The molecule has 7 nitrogen and oxygen atoms in total. The second-order valence-corrected chi connectivity index (χ2v) is 8.21. The molecule has 0 saturated carbocycles. The molecule has 1 aromatic carbocycles. The molecule has 2 aromatic heterocycles. The molecule has 0 bridgehead atoms. The number of ether oxygens (including phenoxy) is 1. The van der Waals surface area contributed by atoms with E-state index in [1.807, 2.05) is 30.5 Å². The number of hydrogen-bond acceptors (Lipinski definition) is 7. The van der Waals surface area contributed by atoms with E-state index in [1.165, 1.54) is 22.7 Å². The normalized spacial score (nSPS) is 16.7. The van der Waals surface area contributed by atoms with Gasteiger partial charge in [0.25, 0.3) is 0 Å². The molecular formula is C19H20N4O3S2. The third-order valence-corrected chi connectivity index (χ3v) is 6.23. The third-order valence-electron chi connectivity index (χ3n) is 4.55. The number of carbonyl (C=O) groups excluding carboxylic acids is 2. The van der Waals surface area contributed by atoms with Crippen LogP contribution in [0.3, 0.4) is 0 Å². The predicted octanol–water partition coefficient (Wildman–Crippen LogP) is 2.86. The smallest absolute Gasteiger partial charge is 0.229 e. The molecule has 1 unspecified atom stereocenters. The molecule has 1 fully saturated rings. The number of thiazole rings is 2. The molecule has 1 aliphatic heterocycles. The van der Waals surface area contributed by atoms with Crippen LogP contribution in [0, 0.1) is 5.92 Å². The van der Waals surface area contributed by atoms with Gasteiger partial charge in [0.15, 0.2) is 5.13 Å². The zero-order valence-corrected chi connectivity index (χ0v) is 17.0. The minimum Gasteiger partial charge on any atom is -0.494 e. The minimum absolute atomic E-state index is 0.0660. The summed E-state index contributed by atoms with van der Waals surface area (Å²) >= 11 is 2.98. The quantitative estimate of drug-likeness (QED) is 0.640. The highest BCUT2D eigenvalue weighted by molar-refractivity contribution is 7.22. The van der Waals surface area contributed by atoms with Crippen LogP contribution in [0.5, 0.6) is 5.75 Å². The SMILES string of the molecule is CCOc1ccc2nc(N3CC(C(=O)NCCc4cscn4)CC3=O)sc2c1. The lowest BCUT2D eigenvalue weighted by atomic mass is 10.1. The first-order chi connectivity index (χ1) is 13.6. The molecule has 0 radical (unpaired) electrons. The number of benzene rings is 1.